The van der Waals surface area contributed by atoms with Crippen LogP contribution in [0.25, 0.3) is 11.0 Å². The third-order valence-corrected chi connectivity index (χ3v) is 5.08. The Morgan fingerprint density at radius 2 is 1.87 bits per heavy atom. The van der Waals surface area contributed by atoms with Gasteiger partial charge in [0, 0.05) is 42.0 Å². The fourth-order valence-corrected chi connectivity index (χ4v) is 3.52. The fourth-order valence-electron chi connectivity index (χ4n) is 3.52. The molecule has 1 N–H and O–H groups in total. The average Bonchev–Trinajstić information content (AvgIpc) is 2.78. The predicted octanol–water partition coefficient (Wildman–Crippen LogP) is 3.21. The number of benzene rings is 2. The number of anilines is 2. The Hall–Kier alpha value is -3.32. The molecule has 1 amide bonds. The second-order valence-electron chi connectivity index (χ2n) is 7.09. The van der Waals surface area contributed by atoms with E-state index < -0.39 is 5.63 Å². The molecule has 7 heteroatoms. The van der Waals surface area contributed by atoms with Crippen LogP contribution in [0.3, 0.4) is 0 Å². The van der Waals surface area contributed by atoms with Crippen LogP contribution in [0.5, 0.6) is 5.75 Å². The summed E-state index contributed by atoms with van der Waals surface area (Å²) < 4.78 is 16.2. The quantitative estimate of drug-likeness (QED) is 0.631. The Morgan fingerprint density at radius 3 is 2.60 bits per heavy atom. The van der Waals surface area contributed by atoms with Gasteiger partial charge in [-0.3, -0.25) is 4.79 Å². The highest BCUT2D eigenvalue weighted by Crippen LogP contribution is 2.23. The minimum Gasteiger partial charge on any atom is -0.484 e. The molecule has 1 saturated heterocycles. The molecule has 156 valence electrons. The third-order valence-electron chi connectivity index (χ3n) is 5.08. The predicted molar refractivity (Wildman–Crippen MR) is 115 cm³/mol. The van der Waals surface area contributed by atoms with E-state index in [1.54, 1.807) is 12.1 Å². The van der Waals surface area contributed by atoms with E-state index in [1.807, 2.05) is 37.3 Å². The maximum absolute atomic E-state index is 12.3. The van der Waals surface area contributed by atoms with Gasteiger partial charge in [0.25, 0.3) is 5.91 Å². The van der Waals surface area contributed by atoms with E-state index >= 15 is 0 Å². The van der Waals surface area contributed by atoms with Crippen molar-refractivity contribution < 1.29 is 18.7 Å². The number of fused-ring (bicyclic) bond motifs is 1. The second kappa shape index (κ2) is 9.00. The van der Waals surface area contributed by atoms with Crippen molar-refractivity contribution in [3.05, 3.63) is 64.5 Å². The lowest BCUT2D eigenvalue weighted by Crippen LogP contribution is -2.36. The number of hydrogen-bond donors (Lipinski definition) is 1. The molecule has 3 aromatic rings. The molecule has 1 aliphatic rings. The molecule has 4 rings (SSSR count). The van der Waals surface area contributed by atoms with Gasteiger partial charge in [-0.25, -0.2) is 4.79 Å². The Balaban J connectivity index is 1.36. The summed E-state index contributed by atoms with van der Waals surface area (Å²) in [5.41, 5.74) is 2.80. The van der Waals surface area contributed by atoms with E-state index in [4.69, 9.17) is 13.9 Å². The van der Waals surface area contributed by atoms with Gasteiger partial charge < -0.3 is 24.1 Å². The summed E-state index contributed by atoms with van der Waals surface area (Å²) in [6.07, 6.45) is 0.731. The first-order valence-corrected chi connectivity index (χ1v) is 10.0. The Kier molecular flexibility index (Phi) is 5.99. The summed E-state index contributed by atoms with van der Waals surface area (Å²) in [5.74, 6) is 0.203. The fraction of sp³-hybridized carbons (Fsp3) is 0.304. The number of carbonyl (C=O) groups is 1. The average molecular weight is 408 g/mol. The molecule has 1 aliphatic heterocycles. The summed E-state index contributed by atoms with van der Waals surface area (Å²) >= 11 is 0. The van der Waals surface area contributed by atoms with Crippen molar-refractivity contribution in [3.63, 3.8) is 0 Å². The van der Waals surface area contributed by atoms with E-state index in [-0.39, 0.29) is 12.5 Å². The lowest BCUT2D eigenvalue weighted by atomic mass is 10.1. The van der Waals surface area contributed by atoms with E-state index in [1.165, 1.54) is 6.07 Å². The van der Waals surface area contributed by atoms with Gasteiger partial charge in [-0.1, -0.05) is 6.92 Å². The highest BCUT2D eigenvalue weighted by atomic mass is 16.5. The van der Waals surface area contributed by atoms with Crippen molar-refractivity contribution in [1.29, 1.82) is 0 Å². The number of ether oxygens (including phenoxy) is 2. The number of morpholine rings is 1. The van der Waals surface area contributed by atoms with Crippen LogP contribution in [0.2, 0.25) is 0 Å². The molecule has 1 fully saturated rings. The molecule has 0 atom stereocenters. The summed E-state index contributed by atoms with van der Waals surface area (Å²) in [4.78, 5) is 26.2. The van der Waals surface area contributed by atoms with Gasteiger partial charge in [0.1, 0.15) is 11.3 Å². The third kappa shape index (κ3) is 4.63. The van der Waals surface area contributed by atoms with E-state index in [2.05, 4.69) is 10.2 Å². The zero-order valence-electron chi connectivity index (χ0n) is 16.8. The number of nitrogens with zero attached hydrogens (tertiary/aromatic N) is 1. The Labute approximate surface area is 174 Å². The summed E-state index contributed by atoms with van der Waals surface area (Å²) in [5, 5.41) is 3.70. The first kappa shape index (κ1) is 20.0. The number of carbonyl (C=O) groups excluding carboxylic acids is 1. The number of hydrogen-bond acceptors (Lipinski definition) is 6. The molecule has 30 heavy (non-hydrogen) atoms. The van der Waals surface area contributed by atoms with E-state index in [0.29, 0.717) is 17.0 Å². The minimum atomic E-state index is -0.394. The molecule has 0 unspecified atom stereocenters. The number of amides is 1. The monoisotopic (exact) mass is 408 g/mol. The van der Waals surface area contributed by atoms with Gasteiger partial charge in [-0.2, -0.15) is 0 Å². The van der Waals surface area contributed by atoms with Crippen LogP contribution < -0.4 is 20.6 Å². The largest absolute Gasteiger partial charge is 0.484 e. The molecular weight excluding hydrogens is 384 g/mol. The standard InChI is InChI=1S/C23H24N2O5/c1-2-16-13-23(27)30-21-14-19(7-8-20(16)21)29-15-22(26)24-17-3-5-18(6-4-17)25-9-11-28-12-10-25/h3-8,13-14H,2,9-12,15H2,1H3,(H,24,26). The minimum absolute atomic E-state index is 0.144. The lowest BCUT2D eigenvalue weighted by Gasteiger charge is -2.28. The van der Waals surface area contributed by atoms with Crippen LogP contribution in [0.4, 0.5) is 11.4 Å². The molecule has 0 radical (unpaired) electrons. The van der Waals surface area contributed by atoms with Crippen LogP contribution in [0.15, 0.2) is 57.7 Å². The van der Waals surface area contributed by atoms with Crippen molar-refractivity contribution in [3.8, 4) is 5.75 Å². The van der Waals surface area contributed by atoms with Gasteiger partial charge in [0.15, 0.2) is 6.61 Å². The maximum Gasteiger partial charge on any atom is 0.336 e. The molecule has 7 nitrogen and oxygen atoms in total. The lowest BCUT2D eigenvalue weighted by molar-refractivity contribution is -0.118. The van der Waals surface area contributed by atoms with Crippen LogP contribution in [-0.2, 0) is 16.0 Å². The van der Waals surface area contributed by atoms with Gasteiger partial charge in [0.2, 0.25) is 0 Å². The molecular formula is C23H24N2O5. The number of aryl methyl sites for hydroxylation is 1. The van der Waals surface area contributed by atoms with Gasteiger partial charge in [-0.15, -0.1) is 0 Å². The van der Waals surface area contributed by atoms with Crippen molar-refractivity contribution in [2.75, 3.05) is 43.1 Å². The highest BCUT2D eigenvalue weighted by molar-refractivity contribution is 5.92. The van der Waals surface area contributed by atoms with Gasteiger partial charge in [-0.05, 0) is 48.4 Å². The highest BCUT2D eigenvalue weighted by Gasteiger charge is 2.12. The van der Waals surface area contributed by atoms with Gasteiger partial charge >= 0.3 is 5.63 Å². The van der Waals surface area contributed by atoms with E-state index in [9.17, 15) is 9.59 Å². The molecule has 0 spiro atoms. The normalized spacial score (nSPS) is 14.0. The number of nitrogens with one attached hydrogen (secondary N) is 1. The zero-order chi connectivity index (χ0) is 20.9. The van der Waals surface area contributed by atoms with Crippen molar-refractivity contribution >= 4 is 28.3 Å². The SMILES string of the molecule is CCc1cc(=O)oc2cc(OCC(=O)Nc3ccc(N4CCOCC4)cc3)ccc12. The van der Waals surface area contributed by atoms with Crippen LogP contribution in [-0.4, -0.2) is 38.8 Å². The molecule has 0 saturated carbocycles. The molecule has 2 heterocycles. The van der Waals surface area contributed by atoms with Crippen LogP contribution in [0, 0.1) is 0 Å². The second-order valence-corrected chi connectivity index (χ2v) is 7.09. The van der Waals surface area contributed by atoms with Crippen molar-refractivity contribution in [2.45, 2.75) is 13.3 Å². The van der Waals surface area contributed by atoms with Crippen LogP contribution >= 0.6 is 0 Å². The molecule has 0 aliphatic carbocycles. The molecule has 1 aromatic heterocycles. The van der Waals surface area contributed by atoms with Crippen LogP contribution in [0.1, 0.15) is 12.5 Å². The smallest absolute Gasteiger partial charge is 0.336 e. The zero-order valence-corrected chi connectivity index (χ0v) is 16.8. The van der Waals surface area contributed by atoms with Gasteiger partial charge in [0.05, 0.1) is 13.2 Å². The van der Waals surface area contributed by atoms with Crippen molar-refractivity contribution in [1.82, 2.24) is 0 Å². The summed E-state index contributed by atoms with van der Waals surface area (Å²) in [6, 6.07) is 14.5. The van der Waals surface area contributed by atoms with Crippen molar-refractivity contribution in [2.24, 2.45) is 0 Å². The van der Waals surface area contributed by atoms with E-state index in [0.717, 1.165) is 49.4 Å². The Morgan fingerprint density at radius 1 is 1.10 bits per heavy atom. The molecule has 2 aromatic carbocycles. The first-order chi connectivity index (χ1) is 14.6. The first-order valence-electron chi connectivity index (χ1n) is 10.0. The topological polar surface area (TPSA) is 81.0 Å². The summed E-state index contributed by atoms with van der Waals surface area (Å²) in [7, 11) is 0. The number of rotatable bonds is 6. The maximum atomic E-state index is 12.3. The summed E-state index contributed by atoms with van der Waals surface area (Å²) in [6.45, 7) is 5.03. The molecule has 0 bridgehead atoms. The Bertz CT molecular complexity index is 1080.